The molecular weight excluding hydrogens is 325 g/mol. The summed E-state index contributed by atoms with van der Waals surface area (Å²) in [4.78, 5) is 13.2. The number of rotatable bonds is 5. The summed E-state index contributed by atoms with van der Waals surface area (Å²) in [5.74, 6) is 0.189. The van der Waals surface area contributed by atoms with Crippen LogP contribution in [0.2, 0.25) is 0 Å². The average Bonchev–Trinajstić information content (AvgIpc) is 2.62. The lowest BCUT2D eigenvalue weighted by atomic mass is 9.97. The Morgan fingerprint density at radius 3 is 2.67 bits per heavy atom. The predicted octanol–water partition coefficient (Wildman–Crippen LogP) is 3.95. The molecule has 1 N–H and O–H groups in total. The van der Waals surface area contributed by atoms with Gasteiger partial charge < -0.3 is 10.1 Å². The maximum absolute atomic E-state index is 13.0. The van der Waals surface area contributed by atoms with E-state index in [4.69, 9.17) is 4.74 Å². The lowest BCUT2D eigenvalue weighted by Crippen LogP contribution is -2.40. The fourth-order valence-electron chi connectivity index (χ4n) is 2.77. The van der Waals surface area contributed by atoms with Crippen LogP contribution < -0.4 is 5.32 Å². The minimum Gasteiger partial charge on any atom is -0.373 e. The van der Waals surface area contributed by atoms with Crippen molar-refractivity contribution in [1.82, 2.24) is 5.32 Å². The van der Waals surface area contributed by atoms with E-state index in [0.717, 1.165) is 16.9 Å². The van der Waals surface area contributed by atoms with Crippen LogP contribution in [0, 0.1) is 5.82 Å². The first-order valence-electron chi connectivity index (χ1n) is 8.05. The van der Waals surface area contributed by atoms with E-state index in [0.29, 0.717) is 18.8 Å². The summed E-state index contributed by atoms with van der Waals surface area (Å²) < 4.78 is 18.8. The Hall–Kier alpha value is -1.85. The molecule has 0 spiro atoms. The van der Waals surface area contributed by atoms with Gasteiger partial charge in [-0.3, -0.25) is 4.79 Å². The highest BCUT2D eigenvalue weighted by molar-refractivity contribution is 8.00. The van der Waals surface area contributed by atoms with Gasteiger partial charge in [0, 0.05) is 17.5 Å². The maximum atomic E-state index is 13.0. The Morgan fingerprint density at radius 2 is 1.92 bits per heavy atom. The number of carbonyl (C=O) groups is 1. The van der Waals surface area contributed by atoms with Crippen LogP contribution in [0.1, 0.15) is 24.5 Å². The van der Waals surface area contributed by atoms with E-state index >= 15 is 0 Å². The molecule has 126 valence electrons. The minimum absolute atomic E-state index is 0.0357. The molecule has 1 saturated heterocycles. The number of benzene rings is 2. The van der Waals surface area contributed by atoms with E-state index in [9.17, 15) is 9.18 Å². The van der Waals surface area contributed by atoms with Crippen LogP contribution in [0.15, 0.2) is 59.5 Å². The Balaban J connectivity index is 1.49. The Labute approximate surface area is 145 Å². The molecule has 1 aliphatic rings. The molecule has 1 fully saturated rings. The summed E-state index contributed by atoms with van der Waals surface area (Å²) in [6, 6.07) is 16.4. The molecule has 2 aromatic rings. The molecule has 0 bridgehead atoms. The molecule has 3 rings (SSSR count). The van der Waals surface area contributed by atoms with Crippen LogP contribution in [0.3, 0.4) is 0 Å². The van der Waals surface area contributed by atoms with E-state index in [2.05, 4.69) is 5.32 Å². The highest BCUT2D eigenvalue weighted by atomic mass is 32.2. The average molecular weight is 345 g/mol. The molecule has 2 aromatic carbocycles. The third-order valence-electron chi connectivity index (χ3n) is 4.00. The van der Waals surface area contributed by atoms with Gasteiger partial charge in [-0.05, 0) is 42.7 Å². The highest BCUT2D eigenvalue weighted by Gasteiger charge is 2.25. The zero-order chi connectivity index (χ0) is 16.8. The fraction of sp³-hybridized carbons (Fsp3) is 0.316. The SMILES string of the molecule is O=C(CSc1ccccc1)NC1CCOC(c2ccc(F)cc2)C1. The normalized spacial score (nSPS) is 20.5. The number of thioether (sulfide) groups is 1. The van der Waals surface area contributed by atoms with Crippen molar-refractivity contribution in [3.63, 3.8) is 0 Å². The van der Waals surface area contributed by atoms with Gasteiger partial charge in [-0.1, -0.05) is 30.3 Å². The smallest absolute Gasteiger partial charge is 0.230 e. The van der Waals surface area contributed by atoms with Crippen molar-refractivity contribution in [1.29, 1.82) is 0 Å². The van der Waals surface area contributed by atoms with Crippen molar-refractivity contribution in [2.45, 2.75) is 29.9 Å². The third kappa shape index (κ3) is 4.82. The van der Waals surface area contributed by atoms with Crippen molar-refractivity contribution in [3.8, 4) is 0 Å². The summed E-state index contributed by atoms with van der Waals surface area (Å²) in [5, 5.41) is 3.09. The van der Waals surface area contributed by atoms with Gasteiger partial charge in [-0.15, -0.1) is 11.8 Å². The molecule has 2 atom stereocenters. The van der Waals surface area contributed by atoms with Crippen molar-refractivity contribution < 1.29 is 13.9 Å². The standard InChI is InChI=1S/C19H20FNO2S/c20-15-8-6-14(7-9-15)18-12-16(10-11-23-18)21-19(22)13-24-17-4-2-1-3-5-17/h1-9,16,18H,10-13H2,(H,21,22). The molecule has 1 heterocycles. The molecule has 0 aliphatic carbocycles. The summed E-state index contributed by atoms with van der Waals surface area (Å²) in [7, 11) is 0. The second-order valence-corrected chi connectivity index (χ2v) is 6.85. The van der Waals surface area contributed by atoms with Crippen LogP contribution >= 0.6 is 11.8 Å². The molecule has 0 saturated carbocycles. The van der Waals surface area contributed by atoms with Crippen LogP contribution in [0.25, 0.3) is 0 Å². The zero-order valence-electron chi connectivity index (χ0n) is 13.3. The number of carbonyl (C=O) groups excluding carboxylic acids is 1. The number of hydrogen-bond acceptors (Lipinski definition) is 3. The van der Waals surface area contributed by atoms with E-state index in [-0.39, 0.29) is 23.9 Å². The van der Waals surface area contributed by atoms with Crippen LogP contribution in [-0.2, 0) is 9.53 Å². The zero-order valence-corrected chi connectivity index (χ0v) is 14.1. The molecule has 2 unspecified atom stereocenters. The van der Waals surface area contributed by atoms with Gasteiger partial charge in [0.1, 0.15) is 5.82 Å². The summed E-state index contributed by atoms with van der Waals surface area (Å²) in [6.07, 6.45) is 1.43. The second-order valence-electron chi connectivity index (χ2n) is 5.80. The highest BCUT2D eigenvalue weighted by Crippen LogP contribution is 2.28. The summed E-state index contributed by atoms with van der Waals surface area (Å²) in [5.41, 5.74) is 0.953. The van der Waals surface area contributed by atoms with Crippen molar-refractivity contribution >= 4 is 17.7 Å². The van der Waals surface area contributed by atoms with Crippen molar-refractivity contribution in [2.75, 3.05) is 12.4 Å². The van der Waals surface area contributed by atoms with Gasteiger partial charge in [0.15, 0.2) is 0 Å². The maximum Gasteiger partial charge on any atom is 0.230 e. The minimum atomic E-state index is -0.252. The van der Waals surface area contributed by atoms with Crippen molar-refractivity contribution in [3.05, 3.63) is 66.0 Å². The van der Waals surface area contributed by atoms with E-state index in [1.54, 1.807) is 12.1 Å². The molecule has 0 radical (unpaired) electrons. The molecule has 24 heavy (non-hydrogen) atoms. The van der Waals surface area contributed by atoms with Crippen molar-refractivity contribution in [2.24, 2.45) is 0 Å². The molecular formula is C19H20FNO2S. The van der Waals surface area contributed by atoms with Crippen LogP contribution in [0.4, 0.5) is 4.39 Å². The van der Waals surface area contributed by atoms with E-state index in [1.807, 2.05) is 30.3 Å². The Bertz CT molecular complexity index is 663. The Kier molecular flexibility index (Phi) is 5.88. The molecule has 1 amide bonds. The number of amides is 1. The Morgan fingerprint density at radius 1 is 1.17 bits per heavy atom. The lowest BCUT2D eigenvalue weighted by Gasteiger charge is -2.30. The van der Waals surface area contributed by atoms with Gasteiger partial charge in [0.2, 0.25) is 5.91 Å². The van der Waals surface area contributed by atoms with Gasteiger partial charge in [0.25, 0.3) is 0 Å². The molecule has 3 nitrogen and oxygen atoms in total. The summed E-state index contributed by atoms with van der Waals surface area (Å²) >= 11 is 1.53. The summed E-state index contributed by atoms with van der Waals surface area (Å²) in [6.45, 7) is 0.596. The second kappa shape index (κ2) is 8.31. The van der Waals surface area contributed by atoms with Gasteiger partial charge in [0.05, 0.1) is 11.9 Å². The molecule has 0 aromatic heterocycles. The van der Waals surface area contributed by atoms with Crippen LogP contribution in [-0.4, -0.2) is 24.3 Å². The third-order valence-corrected chi connectivity index (χ3v) is 5.02. The first-order chi connectivity index (χ1) is 11.7. The molecule has 1 aliphatic heterocycles. The number of nitrogens with one attached hydrogen (secondary N) is 1. The predicted molar refractivity (Wildman–Crippen MR) is 93.4 cm³/mol. The van der Waals surface area contributed by atoms with Gasteiger partial charge in [-0.25, -0.2) is 4.39 Å². The van der Waals surface area contributed by atoms with E-state index < -0.39 is 0 Å². The van der Waals surface area contributed by atoms with E-state index in [1.165, 1.54) is 23.9 Å². The molecule has 5 heteroatoms. The number of ether oxygens (including phenoxy) is 1. The monoisotopic (exact) mass is 345 g/mol. The fourth-order valence-corrected chi connectivity index (χ4v) is 3.50. The first-order valence-corrected chi connectivity index (χ1v) is 9.03. The number of hydrogen-bond donors (Lipinski definition) is 1. The lowest BCUT2D eigenvalue weighted by molar-refractivity contribution is -0.120. The number of halogens is 1. The quantitative estimate of drug-likeness (QED) is 0.834. The topological polar surface area (TPSA) is 38.3 Å². The largest absolute Gasteiger partial charge is 0.373 e. The van der Waals surface area contributed by atoms with Crippen LogP contribution in [0.5, 0.6) is 0 Å². The van der Waals surface area contributed by atoms with Gasteiger partial charge >= 0.3 is 0 Å². The van der Waals surface area contributed by atoms with Gasteiger partial charge in [-0.2, -0.15) is 0 Å². The first kappa shape index (κ1) is 17.0.